The lowest BCUT2D eigenvalue weighted by Gasteiger charge is -2.17. The van der Waals surface area contributed by atoms with Crippen LogP contribution in [0, 0.1) is 0 Å². The summed E-state index contributed by atoms with van der Waals surface area (Å²) in [5.74, 6) is -0.835. The highest BCUT2D eigenvalue weighted by atomic mass is 16.5. The maximum absolute atomic E-state index is 12.5. The Morgan fingerprint density at radius 2 is 1.63 bits per heavy atom. The lowest BCUT2D eigenvalue weighted by Crippen LogP contribution is -2.42. The second kappa shape index (κ2) is 10.6. The zero-order chi connectivity index (χ0) is 19.5. The first-order chi connectivity index (χ1) is 13.1. The Morgan fingerprint density at radius 3 is 2.26 bits per heavy atom. The molecule has 27 heavy (non-hydrogen) atoms. The number of amides is 1. The number of benzene rings is 2. The zero-order valence-corrected chi connectivity index (χ0v) is 15.0. The molecule has 1 atom stereocenters. The Morgan fingerprint density at radius 1 is 1.00 bits per heavy atom. The summed E-state index contributed by atoms with van der Waals surface area (Å²) >= 11 is 0. The second-order valence-corrected chi connectivity index (χ2v) is 5.93. The van der Waals surface area contributed by atoms with Gasteiger partial charge in [0, 0.05) is 12.1 Å². The second-order valence-electron chi connectivity index (χ2n) is 5.93. The van der Waals surface area contributed by atoms with E-state index in [0.717, 1.165) is 5.56 Å². The van der Waals surface area contributed by atoms with Crippen molar-refractivity contribution in [1.29, 1.82) is 0 Å². The summed E-state index contributed by atoms with van der Waals surface area (Å²) in [5, 5.41) is 2.73. The van der Waals surface area contributed by atoms with E-state index >= 15 is 0 Å². The topological polar surface area (TPSA) is 120 Å². The van der Waals surface area contributed by atoms with E-state index in [-0.39, 0.29) is 18.5 Å². The van der Waals surface area contributed by atoms with Gasteiger partial charge in [0.1, 0.15) is 12.6 Å². The number of rotatable bonds is 9. The molecule has 0 aliphatic carbocycles. The zero-order valence-electron chi connectivity index (χ0n) is 15.0. The molecule has 0 fully saturated rings. The fourth-order valence-corrected chi connectivity index (χ4v) is 2.41. The van der Waals surface area contributed by atoms with Crippen LogP contribution < -0.4 is 16.8 Å². The van der Waals surface area contributed by atoms with Crippen molar-refractivity contribution >= 4 is 17.8 Å². The molecule has 5 N–H and O–H groups in total. The molecule has 0 bridgehead atoms. The minimum absolute atomic E-state index is 0.00785. The van der Waals surface area contributed by atoms with Crippen LogP contribution in [0.15, 0.2) is 65.7 Å². The van der Waals surface area contributed by atoms with E-state index in [9.17, 15) is 9.59 Å². The number of nitrogens with one attached hydrogen (secondary N) is 1. The maximum atomic E-state index is 12.5. The molecule has 2 aromatic carbocycles. The van der Waals surface area contributed by atoms with Crippen LogP contribution in [0.1, 0.15) is 28.8 Å². The van der Waals surface area contributed by atoms with Crippen LogP contribution >= 0.6 is 0 Å². The summed E-state index contributed by atoms with van der Waals surface area (Å²) in [5.41, 5.74) is 12.0. The molecule has 1 amide bonds. The van der Waals surface area contributed by atoms with Gasteiger partial charge in [0.05, 0.1) is 0 Å². The number of aliphatic imine (C=N–C) groups is 1. The summed E-state index contributed by atoms with van der Waals surface area (Å²) in [6.07, 6.45) is 0.890. The summed E-state index contributed by atoms with van der Waals surface area (Å²) < 4.78 is 5.37. The van der Waals surface area contributed by atoms with E-state index < -0.39 is 12.0 Å². The van der Waals surface area contributed by atoms with Gasteiger partial charge in [-0.1, -0.05) is 48.5 Å². The van der Waals surface area contributed by atoms with E-state index in [1.54, 1.807) is 24.3 Å². The molecule has 7 nitrogen and oxygen atoms in total. The van der Waals surface area contributed by atoms with Gasteiger partial charge in [-0.3, -0.25) is 9.79 Å². The van der Waals surface area contributed by atoms with Crippen molar-refractivity contribution in [3.05, 3.63) is 71.8 Å². The van der Waals surface area contributed by atoms with E-state index in [2.05, 4.69) is 10.3 Å². The van der Waals surface area contributed by atoms with Gasteiger partial charge in [-0.05, 0) is 30.5 Å². The third-order valence-electron chi connectivity index (χ3n) is 3.80. The molecule has 0 spiro atoms. The van der Waals surface area contributed by atoms with Gasteiger partial charge in [0.15, 0.2) is 5.96 Å². The van der Waals surface area contributed by atoms with Crippen molar-refractivity contribution in [3.8, 4) is 0 Å². The SMILES string of the molecule is NC(N)=NCCC[C@H](NC(=O)c1ccccc1)C(=O)OCc1ccccc1. The fourth-order valence-electron chi connectivity index (χ4n) is 2.41. The fraction of sp³-hybridized carbons (Fsp3) is 0.250. The minimum Gasteiger partial charge on any atom is -0.459 e. The van der Waals surface area contributed by atoms with Crippen molar-refractivity contribution in [2.45, 2.75) is 25.5 Å². The summed E-state index contributed by atoms with van der Waals surface area (Å²) in [6, 6.07) is 17.3. The largest absolute Gasteiger partial charge is 0.459 e. The van der Waals surface area contributed by atoms with Crippen LogP contribution in [0.3, 0.4) is 0 Å². The summed E-state index contributed by atoms with van der Waals surface area (Å²) in [6.45, 7) is 0.511. The third-order valence-corrected chi connectivity index (χ3v) is 3.80. The normalized spacial score (nSPS) is 11.3. The number of esters is 1. The molecule has 0 heterocycles. The number of hydrogen-bond donors (Lipinski definition) is 3. The van der Waals surface area contributed by atoms with Crippen LogP contribution in [-0.2, 0) is 16.1 Å². The molecule has 7 heteroatoms. The molecule has 0 aliphatic rings. The van der Waals surface area contributed by atoms with Gasteiger partial charge in [-0.25, -0.2) is 4.79 Å². The monoisotopic (exact) mass is 368 g/mol. The van der Waals surface area contributed by atoms with E-state index in [4.69, 9.17) is 16.2 Å². The standard InChI is InChI=1S/C20H24N4O3/c21-20(22)23-13-7-12-17(24-18(25)16-10-5-2-6-11-16)19(26)27-14-15-8-3-1-4-9-15/h1-6,8-11,17H,7,12-14H2,(H,24,25)(H4,21,22,23)/t17-/m0/s1. The molecule has 0 saturated heterocycles. The Bertz CT molecular complexity index is 759. The highest BCUT2D eigenvalue weighted by Crippen LogP contribution is 2.07. The van der Waals surface area contributed by atoms with Crippen LogP contribution in [0.4, 0.5) is 0 Å². The third kappa shape index (κ3) is 7.19. The number of carbonyl (C=O) groups is 2. The van der Waals surface area contributed by atoms with Gasteiger partial charge < -0.3 is 21.5 Å². The van der Waals surface area contributed by atoms with Crippen LogP contribution in [0.25, 0.3) is 0 Å². The average Bonchev–Trinajstić information content (AvgIpc) is 2.69. The molecule has 0 aromatic heterocycles. The van der Waals surface area contributed by atoms with Crippen molar-refractivity contribution in [3.63, 3.8) is 0 Å². The molecule has 0 radical (unpaired) electrons. The van der Waals surface area contributed by atoms with Gasteiger partial charge in [-0.15, -0.1) is 0 Å². The lowest BCUT2D eigenvalue weighted by molar-refractivity contribution is -0.147. The molecule has 2 rings (SSSR count). The Labute approximate surface area is 158 Å². The van der Waals surface area contributed by atoms with Gasteiger partial charge in [-0.2, -0.15) is 0 Å². The van der Waals surface area contributed by atoms with E-state index in [1.165, 1.54) is 0 Å². The van der Waals surface area contributed by atoms with Gasteiger partial charge in [0.2, 0.25) is 0 Å². The predicted molar refractivity (Wildman–Crippen MR) is 104 cm³/mol. The van der Waals surface area contributed by atoms with E-state index in [0.29, 0.717) is 24.9 Å². The lowest BCUT2D eigenvalue weighted by atomic mass is 10.1. The predicted octanol–water partition coefficient (Wildman–Crippen LogP) is 1.58. The van der Waals surface area contributed by atoms with Crippen LogP contribution in [0.2, 0.25) is 0 Å². The molecule has 2 aromatic rings. The maximum Gasteiger partial charge on any atom is 0.328 e. The van der Waals surface area contributed by atoms with Crippen molar-refractivity contribution < 1.29 is 14.3 Å². The Hall–Kier alpha value is -3.35. The average molecular weight is 368 g/mol. The Balaban J connectivity index is 1.97. The number of guanidine groups is 1. The number of hydrogen-bond acceptors (Lipinski definition) is 4. The number of nitrogens with zero attached hydrogens (tertiary/aromatic N) is 1. The Kier molecular flexibility index (Phi) is 7.84. The number of nitrogens with two attached hydrogens (primary N) is 2. The van der Waals surface area contributed by atoms with Crippen LogP contribution in [-0.4, -0.2) is 30.4 Å². The highest BCUT2D eigenvalue weighted by Gasteiger charge is 2.22. The van der Waals surface area contributed by atoms with E-state index in [1.807, 2.05) is 36.4 Å². The first-order valence-corrected chi connectivity index (χ1v) is 8.68. The van der Waals surface area contributed by atoms with Crippen molar-refractivity contribution in [2.75, 3.05) is 6.54 Å². The molecule has 0 saturated carbocycles. The number of ether oxygens (including phenoxy) is 1. The van der Waals surface area contributed by atoms with Gasteiger partial charge >= 0.3 is 5.97 Å². The van der Waals surface area contributed by atoms with Crippen molar-refractivity contribution in [2.24, 2.45) is 16.5 Å². The minimum atomic E-state index is -0.782. The van der Waals surface area contributed by atoms with Crippen LogP contribution in [0.5, 0.6) is 0 Å². The first kappa shape index (κ1) is 20.0. The molecular formula is C20H24N4O3. The summed E-state index contributed by atoms with van der Waals surface area (Å²) in [7, 11) is 0. The summed E-state index contributed by atoms with van der Waals surface area (Å²) in [4.78, 5) is 28.8. The quantitative estimate of drug-likeness (QED) is 0.269. The highest BCUT2D eigenvalue weighted by molar-refractivity contribution is 5.96. The molecule has 0 aliphatic heterocycles. The molecule has 142 valence electrons. The first-order valence-electron chi connectivity index (χ1n) is 8.68. The molecule has 0 unspecified atom stereocenters. The van der Waals surface area contributed by atoms with Gasteiger partial charge in [0.25, 0.3) is 5.91 Å². The van der Waals surface area contributed by atoms with Crippen molar-refractivity contribution in [1.82, 2.24) is 5.32 Å². The number of carbonyl (C=O) groups excluding carboxylic acids is 2. The molecular weight excluding hydrogens is 344 g/mol. The smallest absolute Gasteiger partial charge is 0.328 e.